The molecule has 3 aromatic rings. The summed E-state index contributed by atoms with van der Waals surface area (Å²) in [6, 6.07) is 11.9. The van der Waals surface area contributed by atoms with E-state index in [1.807, 2.05) is 29.1 Å². The summed E-state index contributed by atoms with van der Waals surface area (Å²) in [5, 5.41) is 4.40. The maximum absolute atomic E-state index is 10.6. The lowest BCUT2D eigenvalue weighted by atomic mass is 10.2. The number of H-pyrrole nitrogens is 1. The molecule has 4 heteroatoms. The third-order valence-electron chi connectivity index (χ3n) is 2.68. The van der Waals surface area contributed by atoms with Crippen molar-refractivity contribution in [3.63, 3.8) is 0 Å². The Hall–Kier alpha value is -2.36. The van der Waals surface area contributed by atoms with Crippen LogP contribution in [-0.4, -0.2) is 21.1 Å². The highest BCUT2D eigenvalue weighted by Crippen LogP contribution is 2.13. The predicted molar refractivity (Wildman–Crippen MR) is 65.0 cm³/mol. The maximum atomic E-state index is 10.6. The van der Waals surface area contributed by atoms with E-state index >= 15 is 0 Å². The van der Waals surface area contributed by atoms with Crippen LogP contribution >= 0.6 is 0 Å². The number of fused-ring (bicyclic) bond motifs is 1. The first-order chi connectivity index (χ1) is 8.35. The van der Waals surface area contributed by atoms with E-state index in [2.05, 4.69) is 22.2 Å². The zero-order chi connectivity index (χ0) is 11.7. The van der Waals surface area contributed by atoms with Gasteiger partial charge in [-0.1, -0.05) is 30.3 Å². The average Bonchev–Trinajstić information content (AvgIpc) is 2.87. The quantitative estimate of drug-likeness (QED) is 0.695. The van der Waals surface area contributed by atoms with Crippen LogP contribution in [0.25, 0.3) is 11.0 Å². The van der Waals surface area contributed by atoms with E-state index < -0.39 is 0 Å². The molecule has 0 aliphatic heterocycles. The molecule has 84 valence electrons. The molecule has 0 bridgehead atoms. The van der Waals surface area contributed by atoms with Crippen LogP contribution in [0.3, 0.4) is 0 Å². The smallest absolute Gasteiger partial charge is 0.166 e. The Kier molecular flexibility index (Phi) is 2.26. The molecule has 2 aromatic heterocycles. The topological polar surface area (TPSA) is 50.7 Å². The lowest BCUT2D eigenvalue weighted by Crippen LogP contribution is -1.99. The summed E-state index contributed by atoms with van der Waals surface area (Å²) in [5.41, 5.74) is 3.48. The number of carbonyl (C=O) groups excluding carboxylic acids is 1. The van der Waals surface area contributed by atoms with Gasteiger partial charge in [0.1, 0.15) is 5.52 Å². The fraction of sp³-hybridized carbons (Fsp3) is 0.0769. The van der Waals surface area contributed by atoms with Crippen LogP contribution < -0.4 is 0 Å². The Bertz CT molecular complexity index is 620. The second kappa shape index (κ2) is 3.90. The van der Waals surface area contributed by atoms with Crippen LogP contribution in [0.5, 0.6) is 0 Å². The molecule has 2 heterocycles. The van der Waals surface area contributed by atoms with Gasteiger partial charge in [-0.05, 0) is 11.6 Å². The SMILES string of the molecule is O=Cc1cc2nn(Cc3ccccc3)cc2[nH]1. The molecular formula is C13H11N3O. The molecule has 0 saturated heterocycles. The average molecular weight is 225 g/mol. The van der Waals surface area contributed by atoms with E-state index in [4.69, 9.17) is 0 Å². The first-order valence-corrected chi connectivity index (χ1v) is 5.40. The third-order valence-corrected chi connectivity index (χ3v) is 2.68. The van der Waals surface area contributed by atoms with Crippen molar-refractivity contribution in [3.05, 3.63) is 53.9 Å². The van der Waals surface area contributed by atoms with Crippen molar-refractivity contribution in [2.45, 2.75) is 6.54 Å². The van der Waals surface area contributed by atoms with Crippen molar-refractivity contribution in [1.82, 2.24) is 14.8 Å². The second-order valence-electron chi connectivity index (χ2n) is 3.95. The molecule has 0 saturated carbocycles. The Balaban J connectivity index is 1.91. The second-order valence-corrected chi connectivity index (χ2v) is 3.95. The summed E-state index contributed by atoms with van der Waals surface area (Å²) < 4.78 is 1.87. The van der Waals surface area contributed by atoms with E-state index in [1.54, 1.807) is 6.07 Å². The lowest BCUT2D eigenvalue weighted by Gasteiger charge is -2.00. The molecule has 3 rings (SSSR count). The van der Waals surface area contributed by atoms with E-state index in [0.717, 1.165) is 23.9 Å². The van der Waals surface area contributed by atoms with Crippen LogP contribution in [0, 0.1) is 0 Å². The maximum Gasteiger partial charge on any atom is 0.166 e. The molecule has 0 amide bonds. The molecule has 17 heavy (non-hydrogen) atoms. The van der Waals surface area contributed by atoms with Gasteiger partial charge in [-0.15, -0.1) is 0 Å². The number of nitrogens with zero attached hydrogens (tertiary/aromatic N) is 2. The van der Waals surface area contributed by atoms with Gasteiger partial charge in [0, 0.05) is 6.20 Å². The van der Waals surface area contributed by atoms with Gasteiger partial charge in [0.2, 0.25) is 0 Å². The number of aldehydes is 1. The fourth-order valence-electron chi connectivity index (χ4n) is 1.89. The molecule has 0 unspecified atom stereocenters. The summed E-state index contributed by atoms with van der Waals surface area (Å²) >= 11 is 0. The highest BCUT2D eigenvalue weighted by atomic mass is 16.1. The van der Waals surface area contributed by atoms with Crippen molar-refractivity contribution >= 4 is 17.3 Å². The Labute approximate surface area is 97.9 Å². The fourth-order valence-corrected chi connectivity index (χ4v) is 1.89. The van der Waals surface area contributed by atoms with Crippen LogP contribution in [0.15, 0.2) is 42.6 Å². The number of hydrogen-bond acceptors (Lipinski definition) is 2. The number of aromatic nitrogens is 3. The van der Waals surface area contributed by atoms with E-state index in [9.17, 15) is 4.79 Å². The summed E-state index contributed by atoms with van der Waals surface area (Å²) in [7, 11) is 0. The van der Waals surface area contributed by atoms with Crippen molar-refractivity contribution in [2.24, 2.45) is 0 Å². The number of benzene rings is 1. The lowest BCUT2D eigenvalue weighted by molar-refractivity contribution is 0.112. The number of hydrogen-bond donors (Lipinski definition) is 1. The Morgan fingerprint density at radius 3 is 2.82 bits per heavy atom. The van der Waals surface area contributed by atoms with Gasteiger partial charge in [-0.3, -0.25) is 9.48 Å². The number of nitrogens with one attached hydrogen (secondary N) is 1. The van der Waals surface area contributed by atoms with Gasteiger partial charge < -0.3 is 4.98 Å². The Morgan fingerprint density at radius 1 is 1.29 bits per heavy atom. The number of rotatable bonds is 3. The molecule has 1 aromatic carbocycles. The van der Waals surface area contributed by atoms with Gasteiger partial charge in [0.05, 0.1) is 17.8 Å². The normalized spacial score (nSPS) is 10.8. The predicted octanol–water partition coefficient (Wildman–Crippen LogP) is 2.23. The minimum Gasteiger partial charge on any atom is -0.350 e. The zero-order valence-corrected chi connectivity index (χ0v) is 9.13. The van der Waals surface area contributed by atoms with Crippen LogP contribution in [0.2, 0.25) is 0 Å². The third kappa shape index (κ3) is 1.85. The zero-order valence-electron chi connectivity index (χ0n) is 9.13. The molecule has 0 atom stereocenters. The largest absolute Gasteiger partial charge is 0.350 e. The molecule has 1 N–H and O–H groups in total. The molecule has 0 radical (unpaired) electrons. The highest BCUT2D eigenvalue weighted by Gasteiger charge is 2.05. The van der Waals surface area contributed by atoms with Crippen molar-refractivity contribution in [2.75, 3.05) is 0 Å². The van der Waals surface area contributed by atoms with Gasteiger partial charge in [-0.2, -0.15) is 5.10 Å². The number of aromatic amines is 1. The summed E-state index contributed by atoms with van der Waals surface area (Å²) in [6.07, 6.45) is 2.71. The molecule has 4 nitrogen and oxygen atoms in total. The Morgan fingerprint density at radius 2 is 2.12 bits per heavy atom. The molecule has 0 spiro atoms. The van der Waals surface area contributed by atoms with Gasteiger partial charge in [0.25, 0.3) is 0 Å². The number of carbonyl (C=O) groups is 1. The van der Waals surface area contributed by atoms with Crippen molar-refractivity contribution in [1.29, 1.82) is 0 Å². The summed E-state index contributed by atoms with van der Waals surface area (Å²) in [4.78, 5) is 13.6. The van der Waals surface area contributed by atoms with E-state index in [-0.39, 0.29) is 0 Å². The monoisotopic (exact) mass is 225 g/mol. The molecule has 0 fully saturated rings. The summed E-state index contributed by atoms with van der Waals surface area (Å²) in [5.74, 6) is 0. The summed E-state index contributed by atoms with van der Waals surface area (Å²) in [6.45, 7) is 0.736. The van der Waals surface area contributed by atoms with Crippen LogP contribution in [0.1, 0.15) is 16.1 Å². The minimum absolute atomic E-state index is 0.564. The molecular weight excluding hydrogens is 214 g/mol. The molecule has 0 aliphatic carbocycles. The first kappa shape index (κ1) is 9.84. The van der Waals surface area contributed by atoms with Crippen LogP contribution in [0.4, 0.5) is 0 Å². The standard InChI is InChI=1S/C13H11N3O/c17-9-11-6-12-13(14-11)8-16(15-12)7-10-4-2-1-3-5-10/h1-6,8-9,14H,7H2. The highest BCUT2D eigenvalue weighted by molar-refractivity contribution is 5.84. The van der Waals surface area contributed by atoms with Crippen molar-refractivity contribution < 1.29 is 4.79 Å². The first-order valence-electron chi connectivity index (χ1n) is 5.40. The van der Waals surface area contributed by atoms with Gasteiger partial charge in [0.15, 0.2) is 6.29 Å². The van der Waals surface area contributed by atoms with Gasteiger partial charge >= 0.3 is 0 Å². The van der Waals surface area contributed by atoms with Gasteiger partial charge in [-0.25, -0.2) is 0 Å². The molecule has 0 aliphatic rings. The van der Waals surface area contributed by atoms with Crippen molar-refractivity contribution in [3.8, 4) is 0 Å². The van der Waals surface area contributed by atoms with E-state index in [0.29, 0.717) is 5.69 Å². The van der Waals surface area contributed by atoms with E-state index in [1.165, 1.54) is 5.56 Å². The van der Waals surface area contributed by atoms with Crippen LogP contribution in [-0.2, 0) is 6.54 Å². The minimum atomic E-state index is 0.564.